The molecule has 0 radical (unpaired) electrons. The molecule has 0 saturated heterocycles. The first-order chi connectivity index (χ1) is 8.16. The molecular formula is C14H12INO. The van der Waals surface area contributed by atoms with Gasteiger partial charge in [0.15, 0.2) is 0 Å². The quantitative estimate of drug-likeness (QED) is 0.651. The molecule has 2 rings (SSSR count). The molecule has 0 saturated carbocycles. The van der Waals surface area contributed by atoms with Crippen molar-refractivity contribution in [1.29, 1.82) is 0 Å². The van der Waals surface area contributed by atoms with Crippen LogP contribution >= 0.6 is 22.6 Å². The van der Waals surface area contributed by atoms with E-state index >= 15 is 0 Å². The predicted octanol–water partition coefficient (Wildman–Crippen LogP) is 4.06. The van der Waals surface area contributed by atoms with Gasteiger partial charge in [-0.1, -0.05) is 18.2 Å². The number of phenols is 1. The molecular weight excluding hydrogens is 325 g/mol. The normalized spacial score (nSPS) is 10.9. The number of halogens is 1. The van der Waals surface area contributed by atoms with Gasteiger partial charge in [-0.2, -0.15) is 0 Å². The van der Waals surface area contributed by atoms with Crippen molar-refractivity contribution >= 4 is 34.5 Å². The maximum Gasteiger partial charge on any atom is 0.124 e. The highest BCUT2D eigenvalue weighted by Crippen LogP contribution is 2.20. The Bertz CT molecular complexity index is 564. The average Bonchev–Trinajstić information content (AvgIpc) is 2.32. The number of hydrogen-bond donors (Lipinski definition) is 1. The molecule has 0 unspecified atom stereocenters. The molecule has 0 spiro atoms. The van der Waals surface area contributed by atoms with Crippen LogP contribution in [-0.4, -0.2) is 11.3 Å². The smallest absolute Gasteiger partial charge is 0.124 e. The van der Waals surface area contributed by atoms with Crippen LogP contribution in [0.5, 0.6) is 5.75 Å². The lowest BCUT2D eigenvalue weighted by Crippen LogP contribution is -1.82. The van der Waals surface area contributed by atoms with Crippen molar-refractivity contribution in [1.82, 2.24) is 0 Å². The lowest BCUT2D eigenvalue weighted by Gasteiger charge is -2.00. The van der Waals surface area contributed by atoms with Gasteiger partial charge in [0.1, 0.15) is 5.75 Å². The average molecular weight is 337 g/mol. The molecule has 0 heterocycles. The van der Waals surface area contributed by atoms with Gasteiger partial charge in [-0.05, 0) is 59.3 Å². The molecule has 17 heavy (non-hydrogen) atoms. The first-order valence-corrected chi connectivity index (χ1v) is 6.33. The number of rotatable bonds is 2. The second-order valence-electron chi connectivity index (χ2n) is 3.75. The highest BCUT2D eigenvalue weighted by atomic mass is 127. The van der Waals surface area contributed by atoms with E-state index in [4.69, 9.17) is 0 Å². The number of phenolic OH excluding ortho intramolecular Hbond substituents is 1. The van der Waals surface area contributed by atoms with Crippen LogP contribution in [0.4, 0.5) is 5.69 Å². The zero-order valence-corrected chi connectivity index (χ0v) is 11.5. The molecule has 2 aromatic rings. The van der Waals surface area contributed by atoms with E-state index in [1.165, 1.54) is 9.13 Å². The summed E-state index contributed by atoms with van der Waals surface area (Å²) in [7, 11) is 0. The molecule has 0 amide bonds. The van der Waals surface area contributed by atoms with Crippen molar-refractivity contribution in [3.63, 3.8) is 0 Å². The van der Waals surface area contributed by atoms with Crippen molar-refractivity contribution in [2.45, 2.75) is 6.92 Å². The van der Waals surface area contributed by atoms with Crippen LogP contribution in [-0.2, 0) is 0 Å². The zero-order chi connectivity index (χ0) is 12.3. The Balaban J connectivity index is 2.26. The number of benzene rings is 2. The first kappa shape index (κ1) is 12.1. The maximum absolute atomic E-state index is 9.59. The number of nitrogens with zero attached hydrogens (tertiary/aromatic N) is 1. The molecule has 1 N–H and O–H groups in total. The topological polar surface area (TPSA) is 32.6 Å². The van der Waals surface area contributed by atoms with Crippen molar-refractivity contribution in [2.75, 3.05) is 0 Å². The Morgan fingerprint density at radius 1 is 1.18 bits per heavy atom. The lowest BCUT2D eigenvalue weighted by molar-refractivity contribution is 0.474. The van der Waals surface area contributed by atoms with Crippen LogP contribution in [0.2, 0.25) is 0 Å². The molecule has 0 aliphatic carbocycles. The van der Waals surface area contributed by atoms with Crippen molar-refractivity contribution < 1.29 is 5.11 Å². The van der Waals surface area contributed by atoms with Gasteiger partial charge < -0.3 is 5.11 Å². The summed E-state index contributed by atoms with van der Waals surface area (Å²) in [6.07, 6.45) is 1.68. The van der Waals surface area contributed by atoms with Crippen molar-refractivity contribution in [3.8, 4) is 5.75 Å². The summed E-state index contributed by atoms with van der Waals surface area (Å²) in [4.78, 5) is 4.35. The molecule has 0 aliphatic rings. The Morgan fingerprint density at radius 2 is 1.94 bits per heavy atom. The van der Waals surface area contributed by atoms with E-state index in [-0.39, 0.29) is 5.75 Å². The molecule has 2 nitrogen and oxygen atoms in total. The van der Waals surface area contributed by atoms with E-state index in [0.29, 0.717) is 0 Å². The first-order valence-electron chi connectivity index (χ1n) is 5.25. The van der Waals surface area contributed by atoms with Gasteiger partial charge in [0, 0.05) is 15.3 Å². The summed E-state index contributed by atoms with van der Waals surface area (Å²) < 4.78 is 1.19. The highest BCUT2D eigenvalue weighted by molar-refractivity contribution is 14.1. The van der Waals surface area contributed by atoms with Crippen LogP contribution in [0.25, 0.3) is 0 Å². The van der Waals surface area contributed by atoms with E-state index in [2.05, 4.69) is 34.5 Å². The molecule has 0 atom stereocenters. The van der Waals surface area contributed by atoms with E-state index in [1.807, 2.05) is 30.3 Å². The molecule has 0 aromatic heterocycles. The van der Waals surface area contributed by atoms with Gasteiger partial charge in [0.2, 0.25) is 0 Å². The van der Waals surface area contributed by atoms with Gasteiger partial charge in [0.25, 0.3) is 0 Å². The predicted molar refractivity (Wildman–Crippen MR) is 79.3 cm³/mol. The van der Waals surface area contributed by atoms with Crippen LogP contribution in [0, 0.1) is 10.5 Å². The third-order valence-corrected chi connectivity index (χ3v) is 3.61. The summed E-state index contributed by atoms with van der Waals surface area (Å²) in [6.45, 7) is 2.07. The van der Waals surface area contributed by atoms with Crippen LogP contribution in [0.15, 0.2) is 47.5 Å². The third kappa shape index (κ3) is 3.06. The minimum atomic E-state index is 0.248. The molecule has 0 aliphatic heterocycles. The van der Waals surface area contributed by atoms with Crippen molar-refractivity contribution in [2.24, 2.45) is 4.99 Å². The number of para-hydroxylation sites is 1. The van der Waals surface area contributed by atoms with Crippen LogP contribution in [0.1, 0.15) is 11.1 Å². The van der Waals surface area contributed by atoms with E-state index in [1.54, 1.807) is 18.3 Å². The summed E-state index contributed by atoms with van der Waals surface area (Å²) in [5.41, 5.74) is 2.86. The Morgan fingerprint density at radius 3 is 2.65 bits per heavy atom. The third-order valence-electron chi connectivity index (χ3n) is 2.44. The molecule has 86 valence electrons. The highest BCUT2D eigenvalue weighted by Gasteiger charge is 1.97. The van der Waals surface area contributed by atoms with E-state index in [0.717, 1.165) is 11.3 Å². The molecule has 3 heteroatoms. The Labute approximate surface area is 114 Å². The van der Waals surface area contributed by atoms with E-state index < -0.39 is 0 Å². The number of aromatic hydroxyl groups is 1. The summed E-state index contributed by atoms with van der Waals surface area (Å²) in [6, 6.07) is 13.2. The second kappa shape index (κ2) is 5.31. The molecule has 2 aromatic carbocycles. The molecule has 0 fully saturated rings. The largest absolute Gasteiger partial charge is 0.507 e. The van der Waals surface area contributed by atoms with Gasteiger partial charge >= 0.3 is 0 Å². The SMILES string of the molecule is Cc1ccc(/N=C/c2ccccc2O)cc1I. The fraction of sp³-hybridized carbons (Fsp3) is 0.0714. The second-order valence-corrected chi connectivity index (χ2v) is 4.91. The zero-order valence-electron chi connectivity index (χ0n) is 9.39. The molecule has 0 bridgehead atoms. The van der Waals surface area contributed by atoms with Crippen molar-refractivity contribution in [3.05, 3.63) is 57.2 Å². The number of aliphatic imine (C=N–C) groups is 1. The minimum absolute atomic E-state index is 0.248. The maximum atomic E-state index is 9.59. The van der Waals surface area contributed by atoms with Crippen LogP contribution in [0.3, 0.4) is 0 Å². The fourth-order valence-corrected chi connectivity index (χ4v) is 1.90. The Kier molecular flexibility index (Phi) is 3.78. The minimum Gasteiger partial charge on any atom is -0.507 e. The van der Waals surface area contributed by atoms with Gasteiger partial charge in [-0.25, -0.2) is 0 Å². The van der Waals surface area contributed by atoms with E-state index in [9.17, 15) is 5.11 Å². The number of aryl methyl sites for hydroxylation is 1. The van der Waals surface area contributed by atoms with Crippen LogP contribution < -0.4 is 0 Å². The van der Waals surface area contributed by atoms with Gasteiger partial charge in [0.05, 0.1) is 5.69 Å². The summed E-state index contributed by atoms with van der Waals surface area (Å²) in [5, 5.41) is 9.59. The Hall–Kier alpha value is -1.36. The lowest BCUT2D eigenvalue weighted by atomic mass is 10.2. The van der Waals surface area contributed by atoms with Gasteiger partial charge in [-0.3, -0.25) is 4.99 Å². The summed E-state index contributed by atoms with van der Waals surface area (Å²) >= 11 is 2.29. The fourth-order valence-electron chi connectivity index (χ4n) is 1.40. The van der Waals surface area contributed by atoms with Gasteiger partial charge in [-0.15, -0.1) is 0 Å². The summed E-state index contributed by atoms with van der Waals surface area (Å²) in [5.74, 6) is 0.248. The standard InChI is InChI=1S/C14H12INO/c1-10-6-7-12(8-13(10)15)16-9-11-4-2-3-5-14(11)17/h2-9,17H,1H3/b16-9+. The number of hydrogen-bond acceptors (Lipinski definition) is 2. The monoisotopic (exact) mass is 337 g/mol.